The van der Waals surface area contributed by atoms with Crippen LogP contribution in [0.3, 0.4) is 0 Å². The minimum atomic E-state index is 0.264. The smallest absolute Gasteiger partial charge is 0.0518 e. The first-order valence-electron chi connectivity index (χ1n) is 7.58. The molecule has 17 heavy (non-hydrogen) atoms. The second kappa shape index (κ2) is 12.5. The summed E-state index contributed by atoms with van der Waals surface area (Å²) in [6.07, 6.45) is 15.3. The Morgan fingerprint density at radius 2 is 1.41 bits per heavy atom. The Bertz CT molecular complexity index is 178. The highest BCUT2D eigenvalue weighted by molar-refractivity contribution is 6.21. The van der Waals surface area contributed by atoms with Crippen LogP contribution in [0, 0.1) is 0 Å². The maximum atomic E-state index is 6.32. The van der Waals surface area contributed by atoms with Gasteiger partial charge in [-0.3, -0.25) is 0 Å². The van der Waals surface area contributed by atoms with Gasteiger partial charge in [0.15, 0.2) is 0 Å². The summed E-state index contributed by atoms with van der Waals surface area (Å²) in [6.45, 7) is 6.70. The molecule has 0 saturated carbocycles. The van der Waals surface area contributed by atoms with Crippen LogP contribution in [0.2, 0.25) is 0 Å². The van der Waals surface area contributed by atoms with E-state index in [0.717, 1.165) is 19.3 Å². The zero-order valence-electron chi connectivity index (χ0n) is 12.1. The maximum absolute atomic E-state index is 6.32. The first-order valence-corrected chi connectivity index (χ1v) is 8.01. The molecule has 0 fully saturated rings. The average molecular weight is 259 g/mol. The van der Waals surface area contributed by atoms with Gasteiger partial charge in [-0.15, -0.1) is 11.6 Å². The molecule has 0 aromatic carbocycles. The fourth-order valence-electron chi connectivity index (χ4n) is 2.12. The van der Waals surface area contributed by atoms with Gasteiger partial charge in [-0.2, -0.15) is 0 Å². The summed E-state index contributed by atoms with van der Waals surface area (Å²) >= 11 is 6.32. The Labute approximate surface area is 114 Å². The molecule has 0 bridgehead atoms. The number of rotatable bonds is 11. The van der Waals surface area contributed by atoms with Gasteiger partial charge in [0, 0.05) is 0 Å². The van der Waals surface area contributed by atoms with Gasteiger partial charge in [-0.1, -0.05) is 77.4 Å². The summed E-state index contributed by atoms with van der Waals surface area (Å²) in [6, 6.07) is 0. The molecular weight excluding hydrogens is 228 g/mol. The van der Waals surface area contributed by atoms with Gasteiger partial charge < -0.3 is 0 Å². The van der Waals surface area contributed by atoms with Crippen LogP contribution in [-0.4, -0.2) is 5.38 Å². The second-order valence-corrected chi connectivity index (χ2v) is 5.52. The minimum Gasteiger partial charge on any atom is -0.118 e. The summed E-state index contributed by atoms with van der Waals surface area (Å²) in [7, 11) is 0. The van der Waals surface area contributed by atoms with E-state index in [0.29, 0.717) is 0 Å². The molecule has 0 rings (SSSR count). The monoisotopic (exact) mass is 258 g/mol. The highest BCUT2D eigenvalue weighted by Gasteiger charge is 2.02. The van der Waals surface area contributed by atoms with Gasteiger partial charge in [-0.25, -0.2) is 0 Å². The molecule has 1 heteroatoms. The van der Waals surface area contributed by atoms with Gasteiger partial charge in [0.2, 0.25) is 0 Å². The van der Waals surface area contributed by atoms with E-state index in [2.05, 4.69) is 26.8 Å². The Morgan fingerprint density at radius 3 is 1.94 bits per heavy atom. The van der Waals surface area contributed by atoms with Crippen molar-refractivity contribution >= 4 is 11.6 Å². The number of hydrogen-bond acceptors (Lipinski definition) is 0. The van der Waals surface area contributed by atoms with Crippen LogP contribution in [0.5, 0.6) is 0 Å². The van der Waals surface area contributed by atoms with E-state index in [1.54, 1.807) is 0 Å². The third-order valence-corrected chi connectivity index (χ3v) is 3.75. The van der Waals surface area contributed by atoms with Crippen LogP contribution >= 0.6 is 11.6 Å². The number of hydrogen-bond donors (Lipinski definition) is 0. The number of allylic oxidation sites excluding steroid dienone is 2. The molecule has 0 aromatic rings. The molecule has 0 heterocycles. The van der Waals surface area contributed by atoms with E-state index in [9.17, 15) is 0 Å². The zero-order chi connectivity index (χ0) is 12.9. The van der Waals surface area contributed by atoms with Crippen LogP contribution < -0.4 is 0 Å². The van der Waals surface area contributed by atoms with Gasteiger partial charge in [0.25, 0.3) is 0 Å². The average Bonchev–Trinajstić information content (AvgIpc) is 2.34. The van der Waals surface area contributed by atoms with Gasteiger partial charge >= 0.3 is 0 Å². The molecule has 0 aliphatic rings. The fraction of sp³-hybridized carbons (Fsp3) is 0.875. The van der Waals surface area contributed by atoms with Crippen LogP contribution in [-0.2, 0) is 0 Å². The molecule has 0 aliphatic carbocycles. The van der Waals surface area contributed by atoms with Crippen molar-refractivity contribution in [2.75, 3.05) is 0 Å². The molecule has 0 radical (unpaired) electrons. The molecule has 1 atom stereocenters. The molecule has 0 spiro atoms. The second-order valence-electron chi connectivity index (χ2n) is 4.96. The lowest BCUT2D eigenvalue weighted by atomic mass is 10.0. The number of alkyl halides is 1. The van der Waals surface area contributed by atoms with Crippen LogP contribution in [0.4, 0.5) is 0 Å². The van der Waals surface area contributed by atoms with E-state index >= 15 is 0 Å². The fourth-order valence-corrected chi connectivity index (χ4v) is 2.45. The lowest BCUT2D eigenvalue weighted by Crippen LogP contribution is -1.96. The van der Waals surface area contributed by atoms with Crippen molar-refractivity contribution in [2.24, 2.45) is 0 Å². The number of unbranched alkanes of at least 4 members (excludes halogenated alkanes) is 6. The van der Waals surface area contributed by atoms with Crippen molar-refractivity contribution in [1.82, 2.24) is 0 Å². The first kappa shape index (κ1) is 17.0. The van der Waals surface area contributed by atoms with Crippen molar-refractivity contribution in [1.29, 1.82) is 0 Å². The predicted molar refractivity (Wildman–Crippen MR) is 80.9 cm³/mol. The van der Waals surface area contributed by atoms with Crippen molar-refractivity contribution < 1.29 is 0 Å². The summed E-state index contributed by atoms with van der Waals surface area (Å²) in [5, 5.41) is 0.264. The Hall–Kier alpha value is 0.0300. The Kier molecular flexibility index (Phi) is 12.5. The Morgan fingerprint density at radius 1 is 0.882 bits per heavy atom. The topological polar surface area (TPSA) is 0 Å². The van der Waals surface area contributed by atoms with Gasteiger partial charge in [0.1, 0.15) is 0 Å². The largest absolute Gasteiger partial charge is 0.118 e. The molecule has 0 amide bonds. The van der Waals surface area contributed by atoms with E-state index < -0.39 is 0 Å². The van der Waals surface area contributed by atoms with E-state index in [1.165, 1.54) is 50.5 Å². The van der Waals surface area contributed by atoms with Crippen LogP contribution in [0.25, 0.3) is 0 Å². The zero-order valence-corrected chi connectivity index (χ0v) is 12.9. The minimum absolute atomic E-state index is 0.264. The molecule has 0 aliphatic heterocycles. The first-order chi connectivity index (χ1) is 8.24. The third-order valence-electron chi connectivity index (χ3n) is 3.41. The molecule has 0 saturated heterocycles. The maximum Gasteiger partial charge on any atom is 0.0518 e. The SMILES string of the molecule is CCCCCCCCCC(Cl)C=C(CC)CC. The van der Waals surface area contributed by atoms with E-state index in [4.69, 9.17) is 11.6 Å². The predicted octanol–water partition coefficient (Wildman–Crippen LogP) is 6.48. The van der Waals surface area contributed by atoms with Crippen molar-refractivity contribution in [3.63, 3.8) is 0 Å². The summed E-state index contributed by atoms with van der Waals surface area (Å²) in [5.74, 6) is 0. The highest BCUT2D eigenvalue weighted by Crippen LogP contribution is 2.16. The summed E-state index contributed by atoms with van der Waals surface area (Å²) in [5.41, 5.74) is 1.51. The van der Waals surface area contributed by atoms with Gasteiger partial charge in [-0.05, 0) is 19.3 Å². The van der Waals surface area contributed by atoms with Crippen LogP contribution in [0.15, 0.2) is 11.6 Å². The highest BCUT2D eigenvalue weighted by atomic mass is 35.5. The van der Waals surface area contributed by atoms with Crippen LogP contribution in [0.1, 0.15) is 85.0 Å². The third kappa shape index (κ3) is 10.9. The normalized spacial score (nSPS) is 12.5. The standard InChI is InChI=1S/C16H31Cl/c1-4-7-8-9-10-11-12-13-16(17)14-15(5-2)6-3/h14,16H,4-13H2,1-3H3. The lowest BCUT2D eigenvalue weighted by molar-refractivity contribution is 0.578. The molecule has 0 nitrogen and oxygen atoms in total. The Balaban J connectivity index is 3.44. The van der Waals surface area contributed by atoms with Crippen molar-refractivity contribution in [3.05, 3.63) is 11.6 Å². The van der Waals surface area contributed by atoms with E-state index in [1.807, 2.05) is 0 Å². The lowest BCUT2D eigenvalue weighted by Gasteiger charge is -2.07. The molecule has 102 valence electrons. The van der Waals surface area contributed by atoms with Crippen molar-refractivity contribution in [3.8, 4) is 0 Å². The van der Waals surface area contributed by atoms with E-state index in [-0.39, 0.29) is 5.38 Å². The summed E-state index contributed by atoms with van der Waals surface area (Å²) < 4.78 is 0. The quantitative estimate of drug-likeness (QED) is 0.226. The van der Waals surface area contributed by atoms with Crippen molar-refractivity contribution in [2.45, 2.75) is 90.4 Å². The molecule has 0 N–H and O–H groups in total. The molecule has 1 unspecified atom stereocenters. The van der Waals surface area contributed by atoms with Gasteiger partial charge in [0.05, 0.1) is 5.38 Å². The molecular formula is C16H31Cl. The number of halogens is 1. The summed E-state index contributed by atoms with van der Waals surface area (Å²) in [4.78, 5) is 0. The molecule has 0 aromatic heterocycles.